The number of carbonyl (C=O) groups excluding carboxylic acids is 4. The zero-order valence-electron chi connectivity index (χ0n) is 29.4. The Morgan fingerprint density at radius 2 is 1.74 bits per heavy atom. The molecule has 10 nitrogen and oxygen atoms in total. The van der Waals surface area contributed by atoms with Crippen molar-refractivity contribution in [2.75, 3.05) is 27.7 Å². The molecule has 0 radical (unpaired) electrons. The van der Waals surface area contributed by atoms with Crippen LogP contribution in [0.5, 0.6) is 0 Å². The van der Waals surface area contributed by atoms with Crippen molar-refractivity contribution in [3.05, 3.63) is 46.3 Å². The predicted molar refractivity (Wildman–Crippen MR) is 176 cm³/mol. The summed E-state index contributed by atoms with van der Waals surface area (Å²) in [5.74, 6) is -0.441. The molecular formula is C36H53ClN4O6. The monoisotopic (exact) mass is 672 g/mol. The van der Waals surface area contributed by atoms with Crippen molar-refractivity contribution in [2.45, 2.75) is 105 Å². The smallest absolute Gasteiger partial charge is 0.310 e. The van der Waals surface area contributed by atoms with Gasteiger partial charge in [-0.3, -0.25) is 19.2 Å². The Kier molecular flexibility index (Phi) is 12.5. The number of likely N-dealkylation sites (N-methyl/N-ethyl adjacent to an activating group) is 1. The highest BCUT2D eigenvalue weighted by Crippen LogP contribution is 2.38. The van der Waals surface area contributed by atoms with E-state index in [9.17, 15) is 19.2 Å². The number of amides is 1. The van der Waals surface area contributed by atoms with Crippen LogP contribution in [0.15, 0.2) is 18.2 Å². The first-order chi connectivity index (χ1) is 21.4. The number of hydrogen-bond donors (Lipinski definition) is 1. The quantitative estimate of drug-likeness (QED) is 0.270. The molecule has 0 spiro atoms. The molecule has 11 heteroatoms. The van der Waals surface area contributed by atoms with Gasteiger partial charge in [0.05, 0.1) is 50.2 Å². The number of ether oxygens (including phenoxy) is 2. The van der Waals surface area contributed by atoms with Gasteiger partial charge in [-0.15, -0.1) is 0 Å². The molecule has 1 aromatic carbocycles. The summed E-state index contributed by atoms with van der Waals surface area (Å²) < 4.78 is 13.7. The normalized spacial score (nSPS) is 19.8. The molecule has 1 aromatic heterocycles. The number of rotatable bonds is 12. The SMILES string of the molecule is CC(=O)OC(CC(=O)OC1CCC(Cc2cc(-n3nc(CC(C)C)c4c3CC(C)(C)CC4=O)ccc2C(N)=O)CC1)C[N+](C)(C)C.[Cl-]. The lowest BCUT2D eigenvalue weighted by Crippen LogP contribution is -3.00. The summed E-state index contributed by atoms with van der Waals surface area (Å²) in [5.41, 5.74) is 10.4. The van der Waals surface area contributed by atoms with E-state index in [0.717, 1.165) is 66.7 Å². The number of primary amides is 1. The Morgan fingerprint density at radius 1 is 1.09 bits per heavy atom. The third-order valence-corrected chi connectivity index (χ3v) is 8.90. The van der Waals surface area contributed by atoms with E-state index in [4.69, 9.17) is 20.3 Å². The molecule has 1 fully saturated rings. The fourth-order valence-corrected chi connectivity index (χ4v) is 7.07. The van der Waals surface area contributed by atoms with Crippen LogP contribution in [0.1, 0.15) is 111 Å². The molecule has 1 saturated carbocycles. The van der Waals surface area contributed by atoms with Gasteiger partial charge in [0, 0.05) is 18.9 Å². The van der Waals surface area contributed by atoms with Crippen LogP contribution in [0.2, 0.25) is 0 Å². The summed E-state index contributed by atoms with van der Waals surface area (Å²) in [6, 6.07) is 5.66. The van der Waals surface area contributed by atoms with Gasteiger partial charge >= 0.3 is 11.9 Å². The Balaban J connectivity index is 0.00000600. The number of nitrogens with zero attached hydrogens (tertiary/aromatic N) is 3. The highest BCUT2D eigenvalue weighted by molar-refractivity contribution is 6.00. The second-order valence-electron chi connectivity index (χ2n) is 15.7. The highest BCUT2D eigenvalue weighted by Gasteiger charge is 2.37. The van der Waals surface area contributed by atoms with E-state index >= 15 is 0 Å². The van der Waals surface area contributed by atoms with Gasteiger partial charge in [0.15, 0.2) is 11.9 Å². The lowest BCUT2D eigenvalue weighted by Gasteiger charge is -2.31. The van der Waals surface area contributed by atoms with E-state index in [1.54, 1.807) is 6.07 Å². The van der Waals surface area contributed by atoms with E-state index in [-0.39, 0.29) is 42.1 Å². The van der Waals surface area contributed by atoms with Gasteiger partial charge in [-0.25, -0.2) is 4.68 Å². The molecule has 2 N–H and O–H groups in total. The molecule has 2 aliphatic carbocycles. The van der Waals surface area contributed by atoms with Gasteiger partial charge < -0.3 is 32.1 Å². The molecule has 0 saturated heterocycles. The van der Waals surface area contributed by atoms with Crippen molar-refractivity contribution in [3.63, 3.8) is 0 Å². The van der Waals surface area contributed by atoms with Crippen LogP contribution in [0.4, 0.5) is 0 Å². The fraction of sp³-hybridized carbons (Fsp3) is 0.639. The average molecular weight is 673 g/mol. The van der Waals surface area contributed by atoms with E-state index in [0.29, 0.717) is 41.3 Å². The Bertz CT molecular complexity index is 1470. The molecule has 1 amide bonds. The lowest BCUT2D eigenvalue weighted by molar-refractivity contribution is -0.873. The Hall–Kier alpha value is -3.24. The Morgan fingerprint density at radius 3 is 2.32 bits per heavy atom. The standard InChI is InChI=1S/C36H52N4O6.ClH/c1-22(2)15-30-34-31(19-36(4,5)20-32(34)42)39(38-30)26-11-14-29(35(37)44)25(17-26)16-24-9-12-27(13-10-24)46-33(43)18-28(45-23(3)41)21-40(6,7)8;/h11,14,17,22,24,27-28H,9-10,12-13,15-16,18-21H2,1-8H3,(H-,37,44);1H. The maximum absolute atomic E-state index is 13.3. The highest BCUT2D eigenvalue weighted by atomic mass is 35.5. The van der Waals surface area contributed by atoms with Crippen molar-refractivity contribution in [3.8, 4) is 5.69 Å². The first kappa shape index (κ1) is 38.2. The molecule has 0 aliphatic heterocycles. The molecule has 2 aliphatic rings. The molecule has 1 heterocycles. The minimum absolute atomic E-state index is 0. The number of aromatic nitrogens is 2. The van der Waals surface area contributed by atoms with Crippen LogP contribution in [0, 0.1) is 17.3 Å². The third kappa shape index (κ3) is 10.4. The number of nitrogens with two attached hydrogens (primary N) is 1. The van der Waals surface area contributed by atoms with E-state index < -0.39 is 18.0 Å². The van der Waals surface area contributed by atoms with Gasteiger partial charge in [0.2, 0.25) is 5.91 Å². The third-order valence-electron chi connectivity index (χ3n) is 8.90. The first-order valence-corrected chi connectivity index (χ1v) is 16.6. The summed E-state index contributed by atoms with van der Waals surface area (Å²) in [7, 11) is 5.95. The van der Waals surface area contributed by atoms with Crippen molar-refractivity contribution in [1.82, 2.24) is 9.78 Å². The summed E-state index contributed by atoms with van der Waals surface area (Å²) in [6.07, 6.45) is 5.05. The van der Waals surface area contributed by atoms with Crippen LogP contribution in [0.25, 0.3) is 5.69 Å². The predicted octanol–water partition coefficient (Wildman–Crippen LogP) is 2.00. The number of Topliss-reactive ketones (excluding diaryl/α,β-unsaturated/α-hetero) is 1. The van der Waals surface area contributed by atoms with Crippen molar-refractivity contribution < 1.29 is 45.5 Å². The molecule has 4 rings (SSSR count). The summed E-state index contributed by atoms with van der Waals surface area (Å²) >= 11 is 0. The Labute approximate surface area is 285 Å². The average Bonchev–Trinajstić information content (AvgIpc) is 3.24. The number of halogens is 1. The van der Waals surface area contributed by atoms with Gasteiger partial charge in [-0.05, 0) is 86.0 Å². The second-order valence-corrected chi connectivity index (χ2v) is 15.7. The largest absolute Gasteiger partial charge is 1.00 e. The maximum atomic E-state index is 13.3. The van der Waals surface area contributed by atoms with E-state index in [1.165, 1.54) is 6.92 Å². The minimum atomic E-state index is -0.535. The van der Waals surface area contributed by atoms with Crippen LogP contribution in [0.3, 0.4) is 0 Å². The number of esters is 2. The molecule has 0 bridgehead atoms. The topological polar surface area (TPSA) is 131 Å². The van der Waals surface area contributed by atoms with Crippen molar-refractivity contribution >= 4 is 23.6 Å². The van der Waals surface area contributed by atoms with Gasteiger partial charge in [0.25, 0.3) is 0 Å². The van der Waals surface area contributed by atoms with Gasteiger partial charge in [-0.2, -0.15) is 5.10 Å². The van der Waals surface area contributed by atoms with Gasteiger partial charge in [0.1, 0.15) is 12.6 Å². The number of fused-ring (bicyclic) bond motifs is 1. The minimum Gasteiger partial charge on any atom is -1.00 e. The first-order valence-electron chi connectivity index (χ1n) is 16.6. The number of benzene rings is 1. The number of carbonyl (C=O) groups is 4. The zero-order chi connectivity index (χ0) is 34.0. The maximum Gasteiger partial charge on any atom is 0.310 e. The van der Waals surface area contributed by atoms with Crippen LogP contribution in [-0.2, 0) is 38.3 Å². The molecule has 2 aromatic rings. The summed E-state index contributed by atoms with van der Waals surface area (Å²) in [4.78, 5) is 50.1. The van der Waals surface area contributed by atoms with Crippen LogP contribution < -0.4 is 18.1 Å². The van der Waals surface area contributed by atoms with Crippen molar-refractivity contribution in [1.29, 1.82) is 0 Å². The molecule has 47 heavy (non-hydrogen) atoms. The lowest BCUT2D eigenvalue weighted by atomic mass is 9.75. The van der Waals surface area contributed by atoms with Gasteiger partial charge in [-0.1, -0.05) is 27.7 Å². The summed E-state index contributed by atoms with van der Waals surface area (Å²) in [5, 5.41) is 4.98. The summed E-state index contributed by atoms with van der Waals surface area (Å²) in [6.45, 7) is 10.4. The van der Waals surface area contributed by atoms with Crippen LogP contribution in [-0.4, -0.2) is 77.8 Å². The van der Waals surface area contributed by atoms with Crippen molar-refractivity contribution in [2.24, 2.45) is 23.0 Å². The number of ketones is 1. The molecule has 1 unspecified atom stereocenters. The molecule has 260 valence electrons. The van der Waals surface area contributed by atoms with E-state index in [1.807, 2.05) is 38.0 Å². The van der Waals surface area contributed by atoms with E-state index in [2.05, 4.69) is 27.7 Å². The fourth-order valence-electron chi connectivity index (χ4n) is 7.07. The number of quaternary nitrogens is 1. The molecular weight excluding hydrogens is 620 g/mol. The second kappa shape index (κ2) is 15.3. The number of hydrogen-bond acceptors (Lipinski definition) is 7. The van der Waals surface area contributed by atoms with Crippen LogP contribution >= 0.6 is 0 Å². The zero-order valence-corrected chi connectivity index (χ0v) is 30.1. The molecule has 1 atom stereocenters.